The van der Waals surface area contributed by atoms with Gasteiger partial charge in [-0.05, 0) is 24.6 Å². The largest absolute Gasteiger partial charge is 0.475 e. The molecule has 0 aliphatic rings. The molecule has 1 aromatic heterocycles. The van der Waals surface area contributed by atoms with Crippen molar-refractivity contribution < 1.29 is 9.90 Å². The summed E-state index contributed by atoms with van der Waals surface area (Å²) >= 11 is 12.2. The number of carboxylic acid groups (broad SMARTS) is 1. The summed E-state index contributed by atoms with van der Waals surface area (Å²) in [5.41, 5.74) is 1.36. The monoisotopic (exact) mass is 299 g/mol. The summed E-state index contributed by atoms with van der Waals surface area (Å²) in [5, 5.41) is 13.9. The minimum atomic E-state index is -1.18. The summed E-state index contributed by atoms with van der Waals surface area (Å²) < 4.78 is 1.41. The van der Waals surface area contributed by atoms with Gasteiger partial charge in [0.05, 0.1) is 10.7 Å². The molecule has 0 saturated carbocycles. The molecule has 1 N–H and O–H groups in total. The highest BCUT2D eigenvalue weighted by Crippen LogP contribution is 2.28. The molecule has 100 valence electrons. The lowest BCUT2D eigenvalue weighted by atomic mass is 10.2. The molecule has 0 atom stereocenters. The summed E-state index contributed by atoms with van der Waals surface area (Å²) in [7, 11) is 0. The highest BCUT2D eigenvalue weighted by atomic mass is 35.5. The molecule has 0 unspecified atom stereocenters. The first-order valence-corrected chi connectivity index (χ1v) is 6.35. The van der Waals surface area contributed by atoms with Crippen LogP contribution < -0.4 is 0 Å². The van der Waals surface area contributed by atoms with Crippen LogP contribution in [0.5, 0.6) is 0 Å². The molecule has 0 fully saturated rings. The molecule has 19 heavy (non-hydrogen) atoms. The number of carboxylic acids is 1. The number of halogens is 2. The van der Waals surface area contributed by atoms with Crippen LogP contribution in [0.3, 0.4) is 0 Å². The maximum absolute atomic E-state index is 10.9. The van der Waals surface area contributed by atoms with E-state index in [2.05, 4.69) is 10.1 Å². The summed E-state index contributed by atoms with van der Waals surface area (Å²) in [6.07, 6.45) is 0.530. The number of carbonyl (C=O) groups is 1. The van der Waals surface area contributed by atoms with Crippen LogP contribution in [-0.2, 0) is 6.42 Å². The van der Waals surface area contributed by atoms with E-state index in [4.69, 9.17) is 28.3 Å². The molecule has 1 heterocycles. The second-order valence-corrected chi connectivity index (χ2v) is 4.79. The molecule has 0 spiro atoms. The Kier molecular flexibility index (Phi) is 3.78. The SMILES string of the molecule is CCc1nc(C(=O)O)nn1-c1cc(Cl)c(C)cc1Cl. The van der Waals surface area contributed by atoms with Gasteiger partial charge in [0.15, 0.2) is 0 Å². The van der Waals surface area contributed by atoms with Gasteiger partial charge >= 0.3 is 5.97 Å². The van der Waals surface area contributed by atoms with Crippen molar-refractivity contribution in [3.8, 4) is 5.69 Å². The zero-order valence-corrected chi connectivity index (χ0v) is 11.8. The second kappa shape index (κ2) is 5.19. The van der Waals surface area contributed by atoms with Crippen molar-refractivity contribution in [3.63, 3.8) is 0 Å². The minimum absolute atomic E-state index is 0.260. The molecule has 0 bridgehead atoms. The summed E-state index contributed by atoms with van der Waals surface area (Å²) in [5.74, 6) is -0.924. The lowest BCUT2D eigenvalue weighted by molar-refractivity contribution is 0.0683. The fourth-order valence-electron chi connectivity index (χ4n) is 1.65. The normalized spacial score (nSPS) is 10.7. The predicted molar refractivity (Wildman–Crippen MR) is 72.5 cm³/mol. The molecule has 5 nitrogen and oxygen atoms in total. The fourth-order valence-corrected chi connectivity index (χ4v) is 2.11. The van der Waals surface area contributed by atoms with Crippen LogP contribution in [0.15, 0.2) is 12.1 Å². The van der Waals surface area contributed by atoms with Crippen molar-refractivity contribution in [2.45, 2.75) is 20.3 Å². The van der Waals surface area contributed by atoms with Gasteiger partial charge in [0.25, 0.3) is 5.82 Å². The molecule has 0 aliphatic heterocycles. The Morgan fingerprint density at radius 1 is 1.37 bits per heavy atom. The Balaban J connectivity index is 2.64. The number of hydrogen-bond donors (Lipinski definition) is 1. The highest BCUT2D eigenvalue weighted by molar-refractivity contribution is 6.35. The van der Waals surface area contributed by atoms with Crippen molar-refractivity contribution >= 4 is 29.2 Å². The van der Waals surface area contributed by atoms with E-state index < -0.39 is 5.97 Å². The van der Waals surface area contributed by atoms with Crippen molar-refractivity contribution in [3.05, 3.63) is 39.4 Å². The van der Waals surface area contributed by atoms with E-state index in [1.165, 1.54) is 4.68 Å². The Morgan fingerprint density at radius 2 is 2.05 bits per heavy atom. The van der Waals surface area contributed by atoms with Crippen molar-refractivity contribution in [1.29, 1.82) is 0 Å². The molecule has 2 aromatic rings. The summed E-state index contributed by atoms with van der Waals surface area (Å²) in [6, 6.07) is 3.36. The average Bonchev–Trinajstić information content (AvgIpc) is 2.77. The van der Waals surface area contributed by atoms with Gasteiger partial charge in [0.1, 0.15) is 5.82 Å². The number of hydrogen-bond acceptors (Lipinski definition) is 3. The van der Waals surface area contributed by atoms with Crippen LogP contribution in [0.4, 0.5) is 0 Å². The van der Waals surface area contributed by atoms with Gasteiger partial charge in [-0.15, -0.1) is 5.10 Å². The molecule has 1 aromatic carbocycles. The van der Waals surface area contributed by atoms with Crippen LogP contribution in [-0.4, -0.2) is 25.8 Å². The molecule has 7 heteroatoms. The topological polar surface area (TPSA) is 68.0 Å². The van der Waals surface area contributed by atoms with Crippen LogP contribution in [0, 0.1) is 6.92 Å². The van der Waals surface area contributed by atoms with Crippen LogP contribution in [0.2, 0.25) is 10.0 Å². The predicted octanol–water partition coefficient (Wildman–Crippen LogP) is 3.14. The maximum Gasteiger partial charge on any atom is 0.375 e. The molecular formula is C12H11Cl2N3O2. The summed E-state index contributed by atoms with van der Waals surface area (Å²) in [4.78, 5) is 14.9. The molecule has 0 aliphatic carbocycles. The van der Waals surface area contributed by atoms with Crippen molar-refractivity contribution in [2.24, 2.45) is 0 Å². The number of aryl methyl sites for hydroxylation is 2. The van der Waals surface area contributed by atoms with E-state index in [0.29, 0.717) is 28.0 Å². The third kappa shape index (κ3) is 2.57. The van der Waals surface area contributed by atoms with E-state index in [0.717, 1.165) is 5.56 Å². The first-order valence-electron chi connectivity index (χ1n) is 5.59. The Hall–Kier alpha value is -1.59. The van der Waals surface area contributed by atoms with Crippen LogP contribution >= 0.6 is 23.2 Å². The van der Waals surface area contributed by atoms with Gasteiger partial charge in [-0.2, -0.15) is 0 Å². The lowest BCUT2D eigenvalue weighted by Crippen LogP contribution is -2.04. The van der Waals surface area contributed by atoms with Crippen LogP contribution in [0.25, 0.3) is 5.69 Å². The number of benzene rings is 1. The van der Waals surface area contributed by atoms with Gasteiger partial charge in [0.2, 0.25) is 0 Å². The maximum atomic E-state index is 10.9. The van der Waals surface area contributed by atoms with Gasteiger partial charge in [0, 0.05) is 11.4 Å². The smallest absolute Gasteiger partial charge is 0.375 e. The van der Waals surface area contributed by atoms with E-state index in [-0.39, 0.29) is 5.82 Å². The zero-order chi connectivity index (χ0) is 14.2. The third-order valence-electron chi connectivity index (χ3n) is 2.64. The standard InChI is InChI=1S/C12H11Cl2N3O2/c1-3-10-15-11(12(18)19)16-17(10)9-5-7(13)6(2)4-8(9)14/h4-5H,3H2,1-2H3,(H,18,19). The zero-order valence-electron chi connectivity index (χ0n) is 10.3. The third-order valence-corrected chi connectivity index (χ3v) is 3.35. The first kappa shape index (κ1) is 13.8. The molecule has 0 saturated heterocycles. The van der Waals surface area contributed by atoms with Crippen LogP contribution in [0.1, 0.15) is 28.9 Å². The molecule has 0 radical (unpaired) electrons. The number of aromatic carboxylic acids is 1. The first-order chi connectivity index (χ1) is 8.93. The lowest BCUT2D eigenvalue weighted by Gasteiger charge is -2.08. The second-order valence-electron chi connectivity index (χ2n) is 3.97. The minimum Gasteiger partial charge on any atom is -0.475 e. The van der Waals surface area contributed by atoms with E-state index >= 15 is 0 Å². The van der Waals surface area contributed by atoms with E-state index in [1.807, 2.05) is 13.8 Å². The fraction of sp³-hybridized carbons (Fsp3) is 0.250. The molecular weight excluding hydrogens is 289 g/mol. The van der Waals surface area contributed by atoms with Gasteiger partial charge in [-0.1, -0.05) is 30.1 Å². The quantitative estimate of drug-likeness (QED) is 0.945. The van der Waals surface area contributed by atoms with Gasteiger partial charge in [-0.3, -0.25) is 0 Å². The van der Waals surface area contributed by atoms with E-state index in [9.17, 15) is 4.79 Å². The number of rotatable bonds is 3. The summed E-state index contributed by atoms with van der Waals surface area (Å²) in [6.45, 7) is 3.69. The van der Waals surface area contributed by atoms with Crippen molar-refractivity contribution in [1.82, 2.24) is 14.8 Å². The van der Waals surface area contributed by atoms with Gasteiger partial charge in [-0.25, -0.2) is 14.5 Å². The molecule has 0 amide bonds. The molecule has 2 rings (SSSR count). The Bertz CT molecular complexity index is 653. The highest BCUT2D eigenvalue weighted by Gasteiger charge is 2.17. The average molecular weight is 300 g/mol. The van der Waals surface area contributed by atoms with Gasteiger partial charge < -0.3 is 5.11 Å². The Labute approximate surface area is 119 Å². The number of aromatic nitrogens is 3. The Morgan fingerprint density at radius 3 is 2.63 bits per heavy atom. The van der Waals surface area contributed by atoms with E-state index in [1.54, 1.807) is 12.1 Å². The van der Waals surface area contributed by atoms with Crippen molar-refractivity contribution in [2.75, 3.05) is 0 Å². The number of nitrogens with zero attached hydrogens (tertiary/aromatic N) is 3.